The van der Waals surface area contributed by atoms with E-state index in [0.717, 1.165) is 44.4 Å². The first kappa shape index (κ1) is 12.1. The highest BCUT2D eigenvalue weighted by Crippen LogP contribution is 2.12. The Kier molecular flexibility index (Phi) is 4.11. The average Bonchev–Trinajstić information content (AvgIpc) is 2.38. The van der Waals surface area contributed by atoms with E-state index in [1.165, 1.54) is 0 Å². The number of anilines is 2. The Morgan fingerprint density at radius 2 is 2.00 bits per heavy atom. The predicted octanol–water partition coefficient (Wildman–Crippen LogP) is -0.401. The fourth-order valence-corrected chi connectivity index (χ4v) is 1.81. The molecule has 6 nitrogen and oxygen atoms in total. The first-order valence-corrected chi connectivity index (χ1v) is 5.99. The van der Waals surface area contributed by atoms with Crippen LogP contribution < -0.4 is 16.0 Å². The molecule has 0 saturated carbocycles. The Bertz CT molecular complexity index is 330. The van der Waals surface area contributed by atoms with E-state index in [1.54, 1.807) is 6.20 Å². The maximum absolute atomic E-state index is 5.41. The maximum atomic E-state index is 5.41. The summed E-state index contributed by atoms with van der Waals surface area (Å²) in [5, 5.41) is 3.11. The highest BCUT2D eigenvalue weighted by Gasteiger charge is 2.15. The third kappa shape index (κ3) is 3.28. The van der Waals surface area contributed by atoms with Gasteiger partial charge in [-0.2, -0.15) is 0 Å². The minimum Gasteiger partial charge on any atom is -0.368 e. The molecule has 2 rings (SSSR count). The summed E-state index contributed by atoms with van der Waals surface area (Å²) in [6.07, 6.45) is 3.59. The van der Waals surface area contributed by atoms with Crippen LogP contribution in [0.1, 0.15) is 0 Å². The second-order valence-corrected chi connectivity index (χ2v) is 4.27. The molecule has 0 spiro atoms. The van der Waals surface area contributed by atoms with Crippen molar-refractivity contribution in [1.82, 2.24) is 14.9 Å². The van der Waals surface area contributed by atoms with E-state index < -0.39 is 0 Å². The number of nitrogens with one attached hydrogen (secondary N) is 1. The molecule has 17 heavy (non-hydrogen) atoms. The number of nitrogens with zero attached hydrogens (tertiary/aromatic N) is 4. The molecule has 6 heteroatoms. The summed E-state index contributed by atoms with van der Waals surface area (Å²) in [6, 6.07) is 0. The third-order valence-corrected chi connectivity index (χ3v) is 2.92. The van der Waals surface area contributed by atoms with Gasteiger partial charge < -0.3 is 20.9 Å². The van der Waals surface area contributed by atoms with Gasteiger partial charge >= 0.3 is 0 Å². The summed E-state index contributed by atoms with van der Waals surface area (Å²) in [7, 11) is 2.14. The van der Waals surface area contributed by atoms with Gasteiger partial charge in [0.05, 0.1) is 12.4 Å². The normalized spacial score (nSPS) is 17.2. The summed E-state index contributed by atoms with van der Waals surface area (Å²) in [5.41, 5.74) is 5.41. The second kappa shape index (κ2) is 5.79. The van der Waals surface area contributed by atoms with Crippen molar-refractivity contribution in [1.29, 1.82) is 0 Å². The summed E-state index contributed by atoms with van der Waals surface area (Å²) in [4.78, 5) is 13.3. The summed E-state index contributed by atoms with van der Waals surface area (Å²) >= 11 is 0. The maximum Gasteiger partial charge on any atom is 0.147 e. The van der Waals surface area contributed by atoms with Gasteiger partial charge in [0.1, 0.15) is 11.6 Å². The molecule has 3 N–H and O–H groups in total. The SMILES string of the molecule is CN1CCN(c2cnc(NCCN)cn2)CC1. The highest BCUT2D eigenvalue weighted by atomic mass is 15.3. The van der Waals surface area contributed by atoms with Gasteiger partial charge in [0, 0.05) is 39.3 Å². The lowest BCUT2D eigenvalue weighted by atomic mass is 10.3. The van der Waals surface area contributed by atoms with Crippen molar-refractivity contribution < 1.29 is 0 Å². The fraction of sp³-hybridized carbons (Fsp3) is 0.636. The molecule has 1 aliphatic rings. The van der Waals surface area contributed by atoms with Crippen LogP contribution in [0, 0.1) is 0 Å². The van der Waals surface area contributed by atoms with E-state index >= 15 is 0 Å². The fourth-order valence-electron chi connectivity index (χ4n) is 1.81. The zero-order valence-corrected chi connectivity index (χ0v) is 10.3. The molecule has 0 bridgehead atoms. The summed E-state index contributed by atoms with van der Waals surface area (Å²) in [6.45, 7) is 5.51. The van der Waals surface area contributed by atoms with E-state index in [1.807, 2.05) is 6.20 Å². The van der Waals surface area contributed by atoms with E-state index in [0.29, 0.717) is 6.54 Å². The molecule has 1 aromatic rings. The molecule has 0 atom stereocenters. The van der Waals surface area contributed by atoms with Crippen LogP contribution in [0.2, 0.25) is 0 Å². The average molecular weight is 236 g/mol. The molecule has 94 valence electrons. The van der Waals surface area contributed by atoms with E-state index in [-0.39, 0.29) is 0 Å². The van der Waals surface area contributed by atoms with Crippen LogP contribution in [0.4, 0.5) is 11.6 Å². The minimum absolute atomic E-state index is 0.599. The Hall–Kier alpha value is -1.40. The Balaban J connectivity index is 1.93. The number of nitrogens with two attached hydrogens (primary N) is 1. The van der Waals surface area contributed by atoms with Crippen molar-refractivity contribution in [2.45, 2.75) is 0 Å². The molecule has 0 aliphatic carbocycles. The number of rotatable bonds is 4. The number of hydrogen-bond donors (Lipinski definition) is 2. The van der Waals surface area contributed by atoms with Crippen LogP contribution in [0.15, 0.2) is 12.4 Å². The Morgan fingerprint density at radius 1 is 1.24 bits per heavy atom. The van der Waals surface area contributed by atoms with Gasteiger partial charge in [-0.15, -0.1) is 0 Å². The van der Waals surface area contributed by atoms with Crippen molar-refractivity contribution >= 4 is 11.6 Å². The molecule has 1 fully saturated rings. The smallest absolute Gasteiger partial charge is 0.147 e. The number of aromatic nitrogens is 2. The predicted molar refractivity (Wildman–Crippen MR) is 69.3 cm³/mol. The minimum atomic E-state index is 0.599. The second-order valence-electron chi connectivity index (χ2n) is 4.27. The van der Waals surface area contributed by atoms with Crippen molar-refractivity contribution in [3.63, 3.8) is 0 Å². The summed E-state index contributed by atoms with van der Waals surface area (Å²) < 4.78 is 0. The first-order valence-electron chi connectivity index (χ1n) is 5.99. The van der Waals surface area contributed by atoms with Crippen molar-refractivity contribution in [2.75, 3.05) is 56.5 Å². The number of piperazine rings is 1. The Labute approximate surface area is 102 Å². The van der Waals surface area contributed by atoms with Crippen LogP contribution in [0.5, 0.6) is 0 Å². The van der Waals surface area contributed by atoms with Crippen molar-refractivity contribution in [3.05, 3.63) is 12.4 Å². The molecule has 2 heterocycles. The van der Waals surface area contributed by atoms with Gasteiger partial charge in [-0.3, -0.25) is 0 Å². The van der Waals surface area contributed by atoms with E-state index in [9.17, 15) is 0 Å². The molecular formula is C11H20N6. The lowest BCUT2D eigenvalue weighted by Crippen LogP contribution is -2.44. The van der Waals surface area contributed by atoms with Crippen LogP contribution in [0.25, 0.3) is 0 Å². The molecule has 0 radical (unpaired) electrons. The van der Waals surface area contributed by atoms with Crippen LogP contribution >= 0.6 is 0 Å². The standard InChI is InChI=1S/C11H20N6/c1-16-4-6-17(7-5-16)11-9-14-10(8-15-11)13-3-2-12/h8-9H,2-7,12H2,1H3,(H,13,14). The lowest BCUT2D eigenvalue weighted by molar-refractivity contribution is 0.312. The monoisotopic (exact) mass is 236 g/mol. The van der Waals surface area contributed by atoms with Gasteiger partial charge in [0.2, 0.25) is 0 Å². The molecule has 1 saturated heterocycles. The summed E-state index contributed by atoms with van der Waals surface area (Å²) in [5.74, 6) is 1.74. The van der Waals surface area contributed by atoms with Crippen molar-refractivity contribution in [3.8, 4) is 0 Å². The molecule has 0 amide bonds. The Morgan fingerprint density at radius 3 is 2.59 bits per heavy atom. The van der Waals surface area contributed by atoms with E-state index in [2.05, 4.69) is 32.1 Å². The van der Waals surface area contributed by atoms with Gasteiger partial charge in [0.25, 0.3) is 0 Å². The zero-order valence-electron chi connectivity index (χ0n) is 10.3. The zero-order chi connectivity index (χ0) is 12.1. The van der Waals surface area contributed by atoms with Gasteiger partial charge in [-0.05, 0) is 7.05 Å². The third-order valence-electron chi connectivity index (χ3n) is 2.92. The van der Waals surface area contributed by atoms with Gasteiger partial charge in [0.15, 0.2) is 0 Å². The highest BCUT2D eigenvalue weighted by molar-refractivity contribution is 5.41. The molecule has 0 aromatic carbocycles. The number of hydrogen-bond acceptors (Lipinski definition) is 6. The molecule has 1 aromatic heterocycles. The van der Waals surface area contributed by atoms with Crippen molar-refractivity contribution in [2.24, 2.45) is 5.73 Å². The largest absolute Gasteiger partial charge is 0.368 e. The first-order chi connectivity index (χ1) is 8.29. The van der Waals surface area contributed by atoms with Crippen LogP contribution in [-0.2, 0) is 0 Å². The quantitative estimate of drug-likeness (QED) is 0.741. The van der Waals surface area contributed by atoms with Gasteiger partial charge in [-0.25, -0.2) is 9.97 Å². The molecule has 1 aliphatic heterocycles. The van der Waals surface area contributed by atoms with E-state index in [4.69, 9.17) is 5.73 Å². The topological polar surface area (TPSA) is 70.3 Å². The molecular weight excluding hydrogens is 216 g/mol. The molecule has 0 unspecified atom stereocenters. The van der Waals surface area contributed by atoms with Gasteiger partial charge in [-0.1, -0.05) is 0 Å². The van der Waals surface area contributed by atoms with Crippen LogP contribution in [-0.4, -0.2) is 61.2 Å². The lowest BCUT2D eigenvalue weighted by Gasteiger charge is -2.32. The number of likely N-dealkylation sites (N-methyl/N-ethyl adjacent to an activating group) is 1. The van der Waals surface area contributed by atoms with Crippen LogP contribution in [0.3, 0.4) is 0 Å².